The second kappa shape index (κ2) is 6.02. The Hall–Kier alpha value is -0.0800. The Morgan fingerprint density at radius 3 is 2.19 bits per heavy atom. The quantitative estimate of drug-likeness (QED) is 0.711. The molecular weight excluding hydrogens is 196 g/mol. The first-order valence-corrected chi connectivity index (χ1v) is 6.89. The number of rotatable bonds is 5. The number of nitrogens with zero attached hydrogens (tertiary/aromatic N) is 2. The average Bonchev–Trinajstić information content (AvgIpc) is 2.26. The van der Waals surface area contributed by atoms with Gasteiger partial charge in [0.1, 0.15) is 0 Å². The molecule has 1 saturated heterocycles. The molecular formula is C14H30N2. The summed E-state index contributed by atoms with van der Waals surface area (Å²) in [5.74, 6) is 0. The molecule has 1 heterocycles. The van der Waals surface area contributed by atoms with E-state index in [0.717, 1.165) is 6.04 Å². The summed E-state index contributed by atoms with van der Waals surface area (Å²) in [6.45, 7) is 9.67. The van der Waals surface area contributed by atoms with Crippen LogP contribution in [-0.4, -0.2) is 48.6 Å². The van der Waals surface area contributed by atoms with Gasteiger partial charge in [-0.25, -0.2) is 0 Å². The molecule has 0 atom stereocenters. The molecule has 0 aromatic rings. The maximum atomic E-state index is 2.70. The number of hydrogen-bond donors (Lipinski definition) is 0. The fourth-order valence-electron chi connectivity index (χ4n) is 2.76. The van der Waals surface area contributed by atoms with Crippen molar-refractivity contribution < 1.29 is 0 Å². The number of likely N-dealkylation sites (tertiary alicyclic amines) is 1. The Morgan fingerprint density at radius 2 is 1.75 bits per heavy atom. The standard InChI is InChI=1S/C14H30N2/c1-6-7-10-14(2,3)16-11-8-13(9-12-16)15(4)5/h13H,6-12H2,1-5H3. The van der Waals surface area contributed by atoms with Crippen molar-refractivity contribution in [1.82, 2.24) is 9.80 Å². The van der Waals surface area contributed by atoms with Gasteiger partial charge in [0.05, 0.1) is 0 Å². The molecule has 96 valence electrons. The number of piperidine rings is 1. The van der Waals surface area contributed by atoms with E-state index in [1.807, 2.05) is 0 Å². The van der Waals surface area contributed by atoms with Crippen molar-refractivity contribution in [3.8, 4) is 0 Å². The van der Waals surface area contributed by atoms with Gasteiger partial charge in [0, 0.05) is 24.7 Å². The van der Waals surface area contributed by atoms with Crippen LogP contribution in [0.15, 0.2) is 0 Å². The highest BCUT2D eigenvalue weighted by molar-refractivity contribution is 4.87. The van der Waals surface area contributed by atoms with E-state index in [2.05, 4.69) is 44.7 Å². The van der Waals surface area contributed by atoms with Gasteiger partial charge in [-0.1, -0.05) is 19.8 Å². The van der Waals surface area contributed by atoms with Crippen LogP contribution in [0.1, 0.15) is 52.9 Å². The van der Waals surface area contributed by atoms with Crippen molar-refractivity contribution in [3.63, 3.8) is 0 Å². The highest BCUT2D eigenvalue weighted by Gasteiger charge is 2.30. The third-order valence-electron chi connectivity index (χ3n) is 4.19. The van der Waals surface area contributed by atoms with Gasteiger partial charge in [0.2, 0.25) is 0 Å². The zero-order valence-corrected chi connectivity index (χ0v) is 11.9. The Balaban J connectivity index is 2.40. The van der Waals surface area contributed by atoms with Gasteiger partial charge in [-0.15, -0.1) is 0 Å². The predicted molar refractivity (Wildman–Crippen MR) is 71.9 cm³/mol. The smallest absolute Gasteiger partial charge is 0.0153 e. The molecule has 0 spiro atoms. The monoisotopic (exact) mass is 226 g/mol. The molecule has 2 heteroatoms. The first-order chi connectivity index (χ1) is 7.47. The van der Waals surface area contributed by atoms with Gasteiger partial charge in [0.25, 0.3) is 0 Å². The SMILES string of the molecule is CCCCC(C)(C)N1CCC(N(C)C)CC1. The van der Waals surface area contributed by atoms with Crippen molar-refractivity contribution in [3.05, 3.63) is 0 Å². The highest BCUT2D eigenvalue weighted by Crippen LogP contribution is 2.26. The van der Waals surface area contributed by atoms with E-state index in [0.29, 0.717) is 5.54 Å². The van der Waals surface area contributed by atoms with Gasteiger partial charge in [-0.05, 0) is 47.2 Å². The summed E-state index contributed by atoms with van der Waals surface area (Å²) >= 11 is 0. The molecule has 0 bridgehead atoms. The second-order valence-electron chi connectivity index (χ2n) is 6.10. The van der Waals surface area contributed by atoms with E-state index in [4.69, 9.17) is 0 Å². The zero-order valence-electron chi connectivity index (χ0n) is 11.9. The molecule has 0 aromatic heterocycles. The van der Waals surface area contributed by atoms with Crippen molar-refractivity contribution >= 4 is 0 Å². The molecule has 0 radical (unpaired) electrons. The number of hydrogen-bond acceptors (Lipinski definition) is 2. The normalized spacial score (nSPS) is 20.6. The summed E-state index contributed by atoms with van der Waals surface area (Å²) in [7, 11) is 4.42. The Labute approximate surface area is 102 Å². The van der Waals surface area contributed by atoms with Crippen LogP contribution in [-0.2, 0) is 0 Å². The Bertz CT molecular complexity index is 191. The molecule has 1 rings (SSSR count). The first-order valence-electron chi connectivity index (χ1n) is 6.89. The fraction of sp³-hybridized carbons (Fsp3) is 1.00. The van der Waals surface area contributed by atoms with Crippen LogP contribution < -0.4 is 0 Å². The maximum absolute atomic E-state index is 2.70. The summed E-state index contributed by atoms with van der Waals surface area (Å²) in [6, 6.07) is 0.804. The summed E-state index contributed by atoms with van der Waals surface area (Å²) in [4.78, 5) is 5.08. The van der Waals surface area contributed by atoms with Crippen LogP contribution in [0, 0.1) is 0 Å². The third-order valence-corrected chi connectivity index (χ3v) is 4.19. The van der Waals surface area contributed by atoms with E-state index >= 15 is 0 Å². The van der Waals surface area contributed by atoms with Gasteiger partial charge >= 0.3 is 0 Å². The van der Waals surface area contributed by atoms with Crippen LogP contribution in [0.25, 0.3) is 0 Å². The van der Waals surface area contributed by atoms with Crippen molar-refractivity contribution in [2.75, 3.05) is 27.2 Å². The van der Waals surface area contributed by atoms with Gasteiger partial charge in [0.15, 0.2) is 0 Å². The predicted octanol–water partition coefficient (Wildman–Crippen LogP) is 2.98. The fourth-order valence-corrected chi connectivity index (χ4v) is 2.76. The molecule has 0 N–H and O–H groups in total. The van der Waals surface area contributed by atoms with Crippen molar-refractivity contribution in [1.29, 1.82) is 0 Å². The molecule has 0 saturated carbocycles. The minimum atomic E-state index is 0.410. The topological polar surface area (TPSA) is 6.48 Å². The highest BCUT2D eigenvalue weighted by atomic mass is 15.2. The van der Waals surface area contributed by atoms with E-state index in [-0.39, 0.29) is 0 Å². The minimum absolute atomic E-state index is 0.410. The zero-order chi connectivity index (χ0) is 12.2. The summed E-state index contributed by atoms with van der Waals surface area (Å²) in [5, 5.41) is 0. The number of unbranched alkanes of at least 4 members (excludes halogenated alkanes) is 1. The summed E-state index contributed by atoms with van der Waals surface area (Å²) in [6.07, 6.45) is 6.69. The molecule has 0 amide bonds. The lowest BCUT2D eigenvalue weighted by atomic mass is 9.91. The van der Waals surface area contributed by atoms with Crippen LogP contribution in [0.2, 0.25) is 0 Å². The van der Waals surface area contributed by atoms with Crippen LogP contribution >= 0.6 is 0 Å². The van der Waals surface area contributed by atoms with Crippen molar-refractivity contribution in [2.24, 2.45) is 0 Å². The second-order valence-corrected chi connectivity index (χ2v) is 6.10. The summed E-state index contributed by atoms with van der Waals surface area (Å²) < 4.78 is 0. The molecule has 1 aliphatic rings. The summed E-state index contributed by atoms with van der Waals surface area (Å²) in [5.41, 5.74) is 0.410. The van der Waals surface area contributed by atoms with Crippen LogP contribution in [0.4, 0.5) is 0 Å². The first kappa shape index (κ1) is 14.0. The van der Waals surface area contributed by atoms with Gasteiger partial charge < -0.3 is 4.90 Å². The van der Waals surface area contributed by atoms with E-state index < -0.39 is 0 Å². The van der Waals surface area contributed by atoms with Crippen molar-refractivity contribution in [2.45, 2.75) is 64.5 Å². The Morgan fingerprint density at radius 1 is 1.19 bits per heavy atom. The van der Waals surface area contributed by atoms with Crippen LogP contribution in [0.5, 0.6) is 0 Å². The van der Waals surface area contributed by atoms with Gasteiger partial charge in [-0.3, -0.25) is 4.90 Å². The largest absolute Gasteiger partial charge is 0.306 e. The molecule has 1 fully saturated rings. The lowest BCUT2D eigenvalue weighted by Gasteiger charge is -2.44. The lowest BCUT2D eigenvalue weighted by Crippen LogP contribution is -2.51. The average molecular weight is 226 g/mol. The van der Waals surface area contributed by atoms with E-state index in [9.17, 15) is 0 Å². The minimum Gasteiger partial charge on any atom is -0.306 e. The van der Waals surface area contributed by atoms with E-state index in [1.54, 1.807) is 0 Å². The molecule has 16 heavy (non-hydrogen) atoms. The Kier molecular flexibility index (Phi) is 5.26. The molecule has 1 aliphatic heterocycles. The molecule has 0 unspecified atom stereocenters. The van der Waals surface area contributed by atoms with Crippen LogP contribution in [0.3, 0.4) is 0 Å². The molecule has 0 aliphatic carbocycles. The molecule has 2 nitrogen and oxygen atoms in total. The molecule has 0 aromatic carbocycles. The lowest BCUT2D eigenvalue weighted by molar-refractivity contribution is 0.0554. The maximum Gasteiger partial charge on any atom is 0.0153 e. The van der Waals surface area contributed by atoms with E-state index in [1.165, 1.54) is 45.2 Å². The van der Waals surface area contributed by atoms with Gasteiger partial charge in [-0.2, -0.15) is 0 Å². The third kappa shape index (κ3) is 3.74.